The highest BCUT2D eigenvalue weighted by Crippen LogP contribution is 2.48. The molecule has 2 aliphatic rings. The number of fused-ring (bicyclic) bond motifs is 2. The van der Waals surface area contributed by atoms with E-state index in [0.717, 1.165) is 17.1 Å². The predicted octanol–water partition coefficient (Wildman–Crippen LogP) is 2.38. The third-order valence-corrected chi connectivity index (χ3v) is 5.19. The Morgan fingerprint density at radius 1 is 1.12 bits per heavy atom. The fourth-order valence-electron chi connectivity index (χ4n) is 4.07. The maximum atomic E-state index is 12.7. The zero-order valence-corrected chi connectivity index (χ0v) is 13.8. The number of carboxylic acids is 1. The molecule has 4 atom stereocenters. The molecule has 0 spiro atoms. The van der Waals surface area contributed by atoms with Crippen molar-refractivity contribution in [1.29, 1.82) is 0 Å². The lowest BCUT2D eigenvalue weighted by atomic mass is 9.82. The molecule has 0 aliphatic heterocycles. The first-order chi connectivity index (χ1) is 12.0. The van der Waals surface area contributed by atoms with Crippen LogP contribution in [0.2, 0.25) is 0 Å². The molecule has 0 unspecified atom stereocenters. The van der Waals surface area contributed by atoms with Crippen LogP contribution in [0.3, 0.4) is 0 Å². The van der Waals surface area contributed by atoms with Crippen molar-refractivity contribution in [3.8, 4) is 11.3 Å². The largest absolute Gasteiger partial charge is 0.550 e. The van der Waals surface area contributed by atoms with Crippen molar-refractivity contribution < 1.29 is 19.1 Å². The van der Waals surface area contributed by atoms with E-state index in [4.69, 9.17) is 4.42 Å². The van der Waals surface area contributed by atoms with E-state index in [1.165, 1.54) is 0 Å². The minimum atomic E-state index is -1.14. The van der Waals surface area contributed by atoms with Crippen LogP contribution in [0.25, 0.3) is 11.3 Å². The zero-order chi connectivity index (χ0) is 17.6. The molecule has 1 N–H and O–H groups in total. The first-order valence-corrected chi connectivity index (χ1v) is 8.40. The van der Waals surface area contributed by atoms with E-state index in [9.17, 15) is 14.7 Å². The van der Waals surface area contributed by atoms with Gasteiger partial charge in [-0.05, 0) is 49.4 Å². The van der Waals surface area contributed by atoms with E-state index < -0.39 is 17.8 Å². The molecule has 25 heavy (non-hydrogen) atoms. The highest BCUT2D eigenvalue weighted by atomic mass is 16.4. The van der Waals surface area contributed by atoms with Gasteiger partial charge < -0.3 is 19.6 Å². The van der Waals surface area contributed by atoms with Gasteiger partial charge in [-0.2, -0.15) is 0 Å². The number of aryl methyl sites for hydroxylation is 1. The minimum absolute atomic E-state index is 0.0243. The SMILES string of the molecule is Cc1ccc(-c2cccc(NC(=O)[C@H]3[C@@H](C(=O)[O-])[C@@H]4C=C[C@@H]3C4)c2)o1. The molecule has 1 aromatic heterocycles. The van der Waals surface area contributed by atoms with Gasteiger partial charge in [0, 0.05) is 23.1 Å². The Kier molecular flexibility index (Phi) is 3.71. The van der Waals surface area contributed by atoms with Crippen LogP contribution in [-0.4, -0.2) is 11.9 Å². The van der Waals surface area contributed by atoms with Crippen molar-refractivity contribution in [2.75, 3.05) is 5.32 Å². The molecule has 4 rings (SSSR count). The van der Waals surface area contributed by atoms with E-state index in [1.54, 1.807) is 6.07 Å². The van der Waals surface area contributed by atoms with Crippen molar-refractivity contribution in [2.24, 2.45) is 23.7 Å². The van der Waals surface area contributed by atoms with Crippen LogP contribution in [0, 0.1) is 30.6 Å². The summed E-state index contributed by atoms with van der Waals surface area (Å²) in [7, 11) is 0. The number of allylic oxidation sites excluding steroid dienone is 2. The Morgan fingerprint density at radius 2 is 1.88 bits per heavy atom. The van der Waals surface area contributed by atoms with Gasteiger partial charge in [0.2, 0.25) is 5.91 Å². The maximum Gasteiger partial charge on any atom is 0.228 e. The summed E-state index contributed by atoms with van der Waals surface area (Å²) >= 11 is 0. The smallest absolute Gasteiger partial charge is 0.228 e. The molecule has 5 nitrogen and oxygen atoms in total. The van der Waals surface area contributed by atoms with Crippen LogP contribution in [0.4, 0.5) is 5.69 Å². The lowest BCUT2D eigenvalue weighted by Gasteiger charge is -2.27. The molecule has 2 aliphatic carbocycles. The van der Waals surface area contributed by atoms with Crippen LogP contribution >= 0.6 is 0 Å². The Hall–Kier alpha value is -2.82. The van der Waals surface area contributed by atoms with Gasteiger partial charge in [-0.1, -0.05) is 24.3 Å². The molecule has 1 heterocycles. The standard InChI is InChI=1S/C20H19NO4/c1-11-5-8-16(25-11)12-3-2-4-15(10-12)21-19(22)17-13-6-7-14(9-13)18(17)20(23)24/h2-8,10,13-14,17-18H,9H2,1H3,(H,21,22)(H,23,24)/p-1/t13-,14-,17-,18+/m1/s1. The van der Waals surface area contributed by atoms with Crippen LogP contribution in [0.1, 0.15) is 12.2 Å². The van der Waals surface area contributed by atoms with Crippen molar-refractivity contribution in [3.05, 3.63) is 54.3 Å². The third kappa shape index (κ3) is 2.76. The number of nitrogens with one attached hydrogen (secondary N) is 1. The van der Waals surface area contributed by atoms with E-state index in [0.29, 0.717) is 12.1 Å². The summed E-state index contributed by atoms with van der Waals surface area (Å²) in [6.07, 6.45) is 4.56. The van der Waals surface area contributed by atoms with Gasteiger partial charge in [-0.25, -0.2) is 0 Å². The van der Waals surface area contributed by atoms with Crippen LogP contribution in [0.5, 0.6) is 0 Å². The number of amides is 1. The summed E-state index contributed by atoms with van der Waals surface area (Å²) in [5.74, 6) is -1.30. The van der Waals surface area contributed by atoms with Crippen LogP contribution < -0.4 is 10.4 Å². The topological polar surface area (TPSA) is 82.4 Å². The summed E-state index contributed by atoms with van der Waals surface area (Å²) in [5.41, 5.74) is 1.48. The molecule has 1 aromatic carbocycles. The molecule has 2 aromatic rings. The van der Waals surface area contributed by atoms with Gasteiger partial charge in [0.25, 0.3) is 0 Å². The number of anilines is 1. The molecular weight excluding hydrogens is 318 g/mol. The van der Waals surface area contributed by atoms with Gasteiger partial charge in [-0.3, -0.25) is 4.79 Å². The summed E-state index contributed by atoms with van der Waals surface area (Å²) in [4.78, 5) is 24.2. The molecule has 2 bridgehead atoms. The van der Waals surface area contributed by atoms with Crippen LogP contribution in [0.15, 0.2) is 53.0 Å². The fourth-order valence-corrected chi connectivity index (χ4v) is 4.07. The van der Waals surface area contributed by atoms with Gasteiger partial charge in [-0.15, -0.1) is 0 Å². The average molecular weight is 336 g/mol. The Morgan fingerprint density at radius 3 is 2.56 bits per heavy atom. The highest BCUT2D eigenvalue weighted by Gasteiger charge is 2.48. The number of carboxylic acid groups (broad SMARTS) is 1. The van der Waals surface area contributed by atoms with Gasteiger partial charge in [0.1, 0.15) is 11.5 Å². The van der Waals surface area contributed by atoms with Gasteiger partial charge in [0.15, 0.2) is 0 Å². The first-order valence-electron chi connectivity index (χ1n) is 8.40. The molecular formula is C20H18NO4-. The molecule has 0 saturated heterocycles. The summed E-state index contributed by atoms with van der Waals surface area (Å²) in [5, 5.41) is 14.3. The van der Waals surface area contributed by atoms with E-state index in [2.05, 4.69) is 5.32 Å². The Bertz CT molecular complexity index is 866. The third-order valence-electron chi connectivity index (χ3n) is 5.19. The second-order valence-electron chi connectivity index (χ2n) is 6.80. The quantitative estimate of drug-likeness (QED) is 0.869. The molecule has 1 saturated carbocycles. The molecule has 128 valence electrons. The molecule has 1 amide bonds. The minimum Gasteiger partial charge on any atom is -0.550 e. The molecule has 1 fully saturated rings. The van der Waals surface area contributed by atoms with Crippen molar-refractivity contribution >= 4 is 17.6 Å². The molecule has 0 radical (unpaired) electrons. The number of furan rings is 1. The summed E-state index contributed by atoms with van der Waals surface area (Å²) < 4.78 is 5.61. The lowest BCUT2D eigenvalue weighted by molar-refractivity contribution is -0.313. The van der Waals surface area contributed by atoms with E-state index in [1.807, 2.05) is 49.4 Å². The number of rotatable bonds is 4. The Labute approximate surface area is 145 Å². The number of benzene rings is 1. The number of carbonyl (C=O) groups is 2. The normalized spacial score (nSPS) is 26.8. The fraction of sp³-hybridized carbons (Fsp3) is 0.300. The second-order valence-corrected chi connectivity index (χ2v) is 6.80. The van der Waals surface area contributed by atoms with Gasteiger partial charge >= 0.3 is 0 Å². The number of hydrogen-bond donors (Lipinski definition) is 1. The van der Waals surface area contributed by atoms with Crippen LogP contribution in [-0.2, 0) is 9.59 Å². The second kappa shape index (κ2) is 5.92. The maximum absolute atomic E-state index is 12.7. The van der Waals surface area contributed by atoms with E-state index in [-0.39, 0.29) is 17.7 Å². The summed E-state index contributed by atoms with van der Waals surface area (Å²) in [6.45, 7) is 1.87. The zero-order valence-electron chi connectivity index (χ0n) is 13.8. The molecule has 5 heteroatoms. The van der Waals surface area contributed by atoms with Crippen molar-refractivity contribution in [2.45, 2.75) is 13.3 Å². The number of aliphatic carboxylic acids is 1. The average Bonchev–Trinajstić information content (AvgIpc) is 3.30. The van der Waals surface area contributed by atoms with Crippen molar-refractivity contribution in [1.82, 2.24) is 0 Å². The monoisotopic (exact) mass is 336 g/mol. The summed E-state index contributed by atoms with van der Waals surface area (Å²) in [6, 6.07) is 11.1. The number of carbonyl (C=O) groups excluding carboxylic acids is 2. The highest BCUT2D eigenvalue weighted by molar-refractivity contribution is 5.96. The Balaban J connectivity index is 1.55. The lowest BCUT2D eigenvalue weighted by Crippen LogP contribution is -2.42. The van der Waals surface area contributed by atoms with E-state index >= 15 is 0 Å². The predicted molar refractivity (Wildman–Crippen MR) is 90.2 cm³/mol. The first kappa shape index (κ1) is 15.7. The number of hydrogen-bond acceptors (Lipinski definition) is 4. The van der Waals surface area contributed by atoms with Crippen molar-refractivity contribution in [3.63, 3.8) is 0 Å². The van der Waals surface area contributed by atoms with Gasteiger partial charge in [0.05, 0.1) is 5.92 Å².